The lowest BCUT2D eigenvalue weighted by molar-refractivity contribution is -0.147. The lowest BCUT2D eigenvalue weighted by Crippen LogP contribution is -2.57. The van der Waals surface area contributed by atoms with Gasteiger partial charge in [0.25, 0.3) is 0 Å². The molecule has 0 spiro atoms. The maximum Gasteiger partial charge on any atom is 0.239 e. The van der Waals surface area contributed by atoms with Crippen molar-refractivity contribution in [3.05, 3.63) is 40.1 Å². The van der Waals surface area contributed by atoms with Gasteiger partial charge in [0.1, 0.15) is 12.0 Å². The minimum atomic E-state index is -0.785. The maximum absolute atomic E-state index is 13.5. The third-order valence-corrected chi connectivity index (χ3v) is 10.1. The lowest BCUT2D eigenvalue weighted by Gasteiger charge is -2.59. The molecule has 0 radical (unpaired) electrons. The zero-order valence-corrected chi connectivity index (χ0v) is 21.3. The van der Waals surface area contributed by atoms with Crippen LogP contribution >= 0.6 is 11.6 Å². The summed E-state index contributed by atoms with van der Waals surface area (Å²) in [7, 11) is 1.84. The highest BCUT2D eigenvalue weighted by molar-refractivity contribution is 6.32. The number of piperidine rings is 1. The van der Waals surface area contributed by atoms with Gasteiger partial charge in [-0.1, -0.05) is 43.5 Å². The van der Waals surface area contributed by atoms with Crippen LogP contribution in [0.25, 0.3) is 0 Å². The lowest BCUT2D eigenvalue weighted by atomic mass is 9.48. The molecule has 0 aromatic heterocycles. The Kier molecular flexibility index (Phi) is 5.60. The molecule has 2 saturated carbocycles. The molecule has 5 rings (SSSR count). The van der Waals surface area contributed by atoms with Crippen LogP contribution < -0.4 is 5.32 Å². The molecular formula is C28H34ClN3O2. The second-order valence-electron chi connectivity index (χ2n) is 11.6. The van der Waals surface area contributed by atoms with E-state index >= 15 is 0 Å². The van der Waals surface area contributed by atoms with Gasteiger partial charge in [-0.3, -0.25) is 9.59 Å². The van der Waals surface area contributed by atoms with Crippen LogP contribution in [0, 0.1) is 45.8 Å². The molecule has 180 valence electrons. The van der Waals surface area contributed by atoms with Gasteiger partial charge < -0.3 is 10.2 Å². The highest BCUT2D eigenvalue weighted by Crippen LogP contribution is 2.65. The van der Waals surface area contributed by atoms with Gasteiger partial charge in [0.15, 0.2) is 0 Å². The number of rotatable bonds is 2. The van der Waals surface area contributed by atoms with Gasteiger partial charge in [-0.25, -0.2) is 0 Å². The van der Waals surface area contributed by atoms with Gasteiger partial charge in [0.2, 0.25) is 11.8 Å². The molecule has 1 aromatic rings. The van der Waals surface area contributed by atoms with Crippen molar-refractivity contribution in [2.75, 3.05) is 12.4 Å². The smallest absolute Gasteiger partial charge is 0.239 e. The van der Waals surface area contributed by atoms with E-state index in [0.717, 1.165) is 24.5 Å². The molecule has 5 nitrogen and oxygen atoms in total. The number of carbonyl (C=O) groups is 2. The molecule has 3 aliphatic carbocycles. The van der Waals surface area contributed by atoms with E-state index in [1.54, 1.807) is 23.1 Å². The summed E-state index contributed by atoms with van der Waals surface area (Å²) in [4.78, 5) is 28.7. The van der Waals surface area contributed by atoms with Crippen LogP contribution in [0.4, 0.5) is 5.69 Å². The first-order valence-electron chi connectivity index (χ1n) is 12.6. The number of anilines is 1. The molecule has 1 heterocycles. The molecule has 0 bridgehead atoms. The summed E-state index contributed by atoms with van der Waals surface area (Å²) < 4.78 is 0. The highest BCUT2D eigenvalue weighted by atomic mass is 35.5. The van der Waals surface area contributed by atoms with Gasteiger partial charge in [0.05, 0.1) is 16.3 Å². The van der Waals surface area contributed by atoms with Crippen LogP contribution in [0.1, 0.15) is 71.3 Å². The first-order valence-corrected chi connectivity index (χ1v) is 13.0. The van der Waals surface area contributed by atoms with E-state index < -0.39 is 5.92 Å². The van der Waals surface area contributed by atoms with Crippen molar-refractivity contribution in [3.8, 4) is 6.07 Å². The number of allylic oxidation sites excluding steroid dienone is 2. The Labute approximate surface area is 207 Å². The van der Waals surface area contributed by atoms with E-state index in [1.165, 1.54) is 31.3 Å². The number of nitriles is 1. The van der Waals surface area contributed by atoms with E-state index in [1.807, 2.05) is 7.05 Å². The normalized spacial score (nSPS) is 36.9. The molecule has 4 aliphatic rings. The molecule has 1 unspecified atom stereocenters. The van der Waals surface area contributed by atoms with Crippen LogP contribution in [0.5, 0.6) is 0 Å². The van der Waals surface area contributed by atoms with Crippen LogP contribution in [-0.4, -0.2) is 23.8 Å². The standard InChI is InChI=1S/C28H34ClN3O2/c1-16-13-17-20-7-6-11-27(20,2)12-10-21(17)28(3)14-18(26(34)32(4)24(16)28)25(33)31-23-9-5-8-22(29)19(23)15-30/h5,8-9,17-18,20-21H,6-7,10-14H2,1-4H3,(H,31,33)/t17-,18?,20-,21+,27-,28+/m0/s1. The Bertz CT molecular complexity index is 1140. The van der Waals surface area contributed by atoms with Gasteiger partial charge >= 0.3 is 0 Å². The molecular weight excluding hydrogens is 446 g/mol. The molecule has 1 aromatic carbocycles. The zero-order chi connectivity index (χ0) is 24.4. The molecule has 34 heavy (non-hydrogen) atoms. The van der Waals surface area contributed by atoms with Crippen molar-refractivity contribution in [2.45, 2.75) is 65.7 Å². The fourth-order valence-electron chi connectivity index (χ4n) is 8.41. The largest absolute Gasteiger partial charge is 0.324 e. The van der Waals surface area contributed by atoms with E-state index in [-0.39, 0.29) is 27.8 Å². The number of amides is 2. The topological polar surface area (TPSA) is 73.2 Å². The second-order valence-corrected chi connectivity index (χ2v) is 12.0. The van der Waals surface area contributed by atoms with Gasteiger partial charge in [-0.05, 0) is 80.8 Å². The van der Waals surface area contributed by atoms with E-state index in [0.29, 0.717) is 29.4 Å². The van der Waals surface area contributed by atoms with Crippen LogP contribution in [-0.2, 0) is 9.59 Å². The number of likely N-dealkylation sites (tertiary alicyclic amines) is 1. The molecule has 1 N–H and O–H groups in total. The number of fused-ring (bicyclic) bond motifs is 5. The van der Waals surface area contributed by atoms with Gasteiger partial charge in [0, 0.05) is 18.2 Å². The average molecular weight is 480 g/mol. The molecule has 3 fully saturated rings. The van der Waals surface area contributed by atoms with E-state index in [2.05, 4.69) is 32.2 Å². The Hall–Kier alpha value is -2.32. The van der Waals surface area contributed by atoms with Crippen molar-refractivity contribution < 1.29 is 9.59 Å². The summed E-state index contributed by atoms with van der Waals surface area (Å²) in [5, 5.41) is 12.6. The van der Waals surface area contributed by atoms with Crippen molar-refractivity contribution in [2.24, 2.45) is 34.5 Å². The third kappa shape index (κ3) is 3.33. The quantitative estimate of drug-likeness (QED) is 0.517. The van der Waals surface area contributed by atoms with Gasteiger partial charge in [-0.2, -0.15) is 5.26 Å². The SMILES string of the molecule is CC1=C2N(C)C(=O)C(C(=O)Nc3cccc(Cl)c3C#N)C[C@]2(C)[C@@H]2CC[C@]3(C)CCC[C@H]3[C@@H]2C1. The summed E-state index contributed by atoms with van der Waals surface area (Å²) in [5.74, 6) is 0.543. The molecule has 6 atom stereocenters. The van der Waals surface area contributed by atoms with Crippen LogP contribution in [0.15, 0.2) is 29.5 Å². The molecule has 1 saturated heterocycles. The first kappa shape index (κ1) is 23.4. The van der Waals surface area contributed by atoms with Crippen LogP contribution in [0.3, 0.4) is 0 Å². The van der Waals surface area contributed by atoms with Crippen LogP contribution in [0.2, 0.25) is 5.02 Å². The van der Waals surface area contributed by atoms with Crippen molar-refractivity contribution >= 4 is 29.1 Å². The Morgan fingerprint density at radius 1 is 1.24 bits per heavy atom. The monoisotopic (exact) mass is 479 g/mol. The number of nitrogens with zero attached hydrogens (tertiary/aromatic N) is 2. The van der Waals surface area contributed by atoms with Crippen molar-refractivity contribution in [1.82, 2.24) is 4.90 Å². The maximum atomic E-state index is 13.5. The Morgan fingerprint density at radius 2 is 2.00 bits per heavy atom. The second kappa shape index (κ2) is 8.12. The zero-order valence-electron chi connectivity index (χ0n) is 20.6. The summed E-state index contributed by atoms with van der Waals surface area (Å²) in [6.07, 6.45) is 7.94. The number of benzene rings is 1. The van der Waals surface area contributed by atoms with E-state index in [4.69, 9.17) is 11.6 Å². The Balaban J connectivity index is 1.48. The minimum Gasteiger partial charge on any atom is -0.324 e. The fraction of sp³-hybridized carbons (Fsp3) is 0.607. The number of carbonyl (C=O) groups excluding carboxylic acids is 2. The summed E-state index contributed by atoms with van der Waals surface area (Å²) in [5.41, 5.74) is 3.28. The fourth-order valence-corrected chi connectivity index (χ4v) is 8.63. The highest BCUT2D eigenvalue weighted by Gasteiger charge is 2.60. The number of hydrogen-bond acceptors (Lipinski definition) is 3. The molecule has 2 amide bonds. The summed E-state index contributed by atoms with van der Waals surface area (Å²) in [6.45, 7) is 6.98. The number of hydrogen-bond donors (Lipinski definition) is 1. The predicted molar refractivity (Wildman–Crippen MR) is 133 cm³/mol. The van der Waals surface area contributed by atoms with Gasteiger partial charge in [-0.15, -0.1) is 0 Å². The predicted octanol–water partition coefficient (Wildman–Crippen LogP) is 6.15. The Morgan fingerprint density at radius 3 is 2.74 bits per heavy atom. The van der Waals surface area contributed by atoms with Crippen molar-refractivity contribution in [1.29, 1.82) is 5.26 Å². The third-order valence-electron chi connectivity index (χ3n) is 9.82. The van der Waals surface area contributed by atoms with Crippen molar-refractivity contribution in [3.63, 3.8) is 0 Å². The molecule has 6 heteroatoms. The first-order chi connectivity index (χ1) is 16.1. The van der Waals surface area contributed by atoms with E-state index in [9.17, 15) is 14.9 Å². The number of nitrogens with one attached hydrogen (secondary N) is 1. The summed E-state index contributed by atoms with van der Waals surface area (Å²) >= 11 is 6.16. The summed E-state index contributed by atoms with van der Waals surface area (Å²) in [6, 6.07) is 7.05. The average Bonchev–Trinajstić information content (AvgIpc) is 3.18. The minimum absolute atomic E-state index is 0.162. The molecule has 1 aliphatic heterocycles. The number of halogens is 1.